The Kier molecular flexibility index (Phi) is 4.32. The third-order valence-electron chi connectivity index (χ3n) is 8.38. The number of nitrogens with zero attached hydrogens (tertiary/aromatic N) is 2. The molecule has 0 amide bonds. The van der Waals surface area contributed by atoms with Gasteiger partial charge < -0.3 is 4.90 Å². The Morgan fingerprint density at radius 3 is 1.92 bits per heavy atom. The van der Waals surface area contributed by atoms with Gasteiger partial charge in [0.15, 0.2) is 0 Å². The molecule has 4 aliphatic rings. The molecule has 2 aliphatic carbocycles. The second-order valence-corrected chi connectivity index (χ2v) is 11.2. The van der Waals surface area contributed by atoms with Gasteiger partial charge in [-0.2, -0.15) is 0 Å². The highest BCUT2D eigenvalue weighted by Crippen LogP contribution is 2.55. The number of rotatable bonds is 2. The summed E-state index contributed by atoms with van der Waals surface area (Å²) >= 11 is 0. The minimum absolute atomic E-state index is 0.370. The van der Waals surface area contributed by atoms with Gasteiger partial charge >= 0.3 is 0 Å². The number of fused-ring (bicyclic) bond motifs is 1. The quantitative estimate of drug-likeness (QED) is 0.726. The summed E-state index contributed by atoms with van der Waals surface area (Å²) in [5.41, 5.74) is 1.14. The maximum absolute atomic E-state index is 2.90. The first kappa shape index (κ1) is 17.3. The Morgan fingerprint density at radius 1 is 0.917 bits per heavy atom. The molecule has 2 unspecified atom stereocenters. The molecule has 2 heterocycles. The monoisotopic (exact) mass is 332 g/mol. The van der Waals surface area contributed by atoms with E-state index in [1.54, 1.807) is 0 Å². The molecule has 1 spiro atoms. The van der Waals surface area contributed by atoms with E-state index in [0.717, 1.165) is 35.1 Å². The van der Waals surface area contributed by atoms with Crippen LogP contribution in [0.1, 0.15) is 73.1 Å². The Bertz CT molecular complexity index is 433. The van der Waals surface area contributed by atoms with E-state index in [1.165, 1.54) is 64.7 Å². The van der Waals surface area contributed by atoms with Gasteiger partial charge in [0.25, 0.3) is 0 Å². The van der Waals surface area contributed by atoms with E-state index in [9.17, 15) is 0 Å². The Morgan fingerprint density at radius 2 is 1.46 bits per heavy atom. The van der Waals surface area contributed by atoms with Gasteiger partial charge in [-0.1, -0.05) is 13.8 Å². The lowest BCUT2D eigenvalue weighted by molar-refractivity contribution is -0.0402. The van der Waals surface area contributed by atoms with Crippen molar-refractivity contribution in [1.29, 1.82) is 0 Å². The molecule has 0 aromatic rings. The van der Waals surface area contributed by atoms with E-state index >= 15 is 0 Å². The maximum Gasteiger partial charge on any atom is 0.0125 e. The molecule has 2 atom stereocenters. The minimum atomic E-state index is 0.370. The van der Waals surface area contributed by atoms with Crippen molar-refractivity contribution in [3.05, 3.63) is 0 Å². The zero-order chi connectivity index (χ0) is 17.1. The van der Waals surface area contributed by atoms with Crippen molar-refractivity contribution in [2.45, 2.75) is 84.7 Å². The van der Waals surface area contributed by atoms with Crippen molar-refractivity contribution in [1.82, 2.24) is 9.80 Å². The minimum Gasteiger partial charge on any atom is -0.300 e. The van der Waals surface area contributed by atoms with Gasteiger partial charge in [-0.25, -0.2) is 0 Å². The average molecular weight is 333 g/mol. The molecule has 0 aromatic carbocycles. The van der Waals surface area contributed by atoms with Gasteiger partial charge in [0, 0.05) is 24.7 Å². The highest BCUT2D eigenvalue weighted by molar-refractivity contribution is 5.02. The number of hydrogen-bond donors (Lipinski definition) is 0. The smallest absolute Gasteiger partial charge is 0.0125 e. The van der Waals surface area contributed by atoms with Crippen LogP contribution in [0.3, 0.4) is 0 Å². The fraction of sp³-hybridized carbons (Fsp3) is 1.00. The molecule has 2 nitrogen and oxygen atoms in total. The second-order valence-electron chi connectivity index (χ2n) is 11.2. The number of likely N-dealkylation sites (tertiary alicyclic amines) is 2. The van der Waals surface area contributed by atoms with Gasteiger partial charge in [0.05, 0.1) is 0 Å². The third-order valence-corrected chi connectivity index (χ3v) is 8.38. The van der Waals surface area contributed by atoms with Crippen LogP contribution in [0, 0.1) is 29.1 Å². The standard InChI is InChI=1S/C22H40N2/c1-16(2)19-12-22(13-19)6-8-23(9-7-22)20-10-17-14-24(21(3,4)5)15-18(17)11-20/h16-20H,6-15H2,1-5H3. The van der Waals surface area contributed by atoms with E-state index in [-0.39, 0.29) is 0 Å². The van der Waals surface area contributed by atoms with Crippen molar-refractivity contribution in [3.8, 4) is 0 Å². The third kappa shape index (κ3) is 3.07. The second kappa shape index (κ2) is 5.98. The summed E-state index contributed by atoms with van der Waals surface area (Å²) in [5.74, 6) is 3.91. The molecule has 0 bridgehead atoms. The lowest BCUT2D eigenvalue weighted by Gasteiger charge is -2.54. The Balaban J connectivity index is 1.26. The van der Waals surface area contributed by atoms with E-state index in [1.807, 2.05) is 0 Å². The molecule has 24 heavy (non-hydrogen) atoms. The predicted molar refractivity (Wildman–Crippen MR) is 102 cm³/mol. The molecular formula is C22H40N2. The van der Waals surface area contributed by atoms with Crippen LogP contribution in [0.2, 0.25) is 0 Å². The first-order chi connectivity index (χ1) is 11.3. The van der Waals surface area contributed by atoms with Crippen LogP contribution in [0.15, 0.2) is 0 Å². The van der Waals surface area contributed by atoms with Crippen molar-refractivity contribution >= 4 is 0 Å². The summed E-state index contributed by atoms with van der Waals surface area (Å²) in [5, 5.41) is 0. The molecule has 2 saturated heterocycles. The summed E-state index contributed by atoms with van der Waals surface area (Å²) in [6.07, 6.45) is 9.04. The van der Waals surface area contributed by atoms with E-state index < -0.39 is 0 Å². The molecule has 2 saturated carbocycles. The summed E-state index contributed by atoms with van der Waals surface area (Å²) in [6, 6.07) is 0.917. The highest BCUT2D eigenvalue weighted by Gasteiger charge is 2.49. The summed E-state index contributed by atoms with van der Waals surface area (Å²) < 4.78 is 0. The molecule has 2 aliphatic heterocycles. The van der Waals surface area contributed by atoms with Crippen LogP contribution >= 0.6 is 0 Å². The van der Waals surface area contributed by atoms with Crippen molar-refractivity contribution in [2.75, 3.05) is 26.2 Å². The Labute approximate surface area is 150 Å². The molecule has 0 radical (unpaired) electrons. The van der Waals surface area contributed by atoms with Crippen LogP contribution in [-0.2, 0) is 0 Å². The molecule has 0 aromatic heterocycles. The van der Waals surface area contributed by atoms with Gasteiger partial charge in [0.2, 0.25) is 0 Å². The molecule has 4 rings (SSSR count). The van der Waals surface area contributed by atoms with Crippen LogP contribution in [0.25, 0.3) is 0 Å². The van der Waals surface area contributed by atoms with Crippen LogP contribution in [-0.4, -0.2) is 47.6 Å². The van der Waals surface area contributed by atoms with E-state index in [4.69, 9.17) is 0 Å². The van der Waals surface area contributed by atoms with Crippen molar-refractivity contribution < 1.29 is 0 Å². The summed E-state index contributed by atoms with van der Waals surface area (Å²) in [4.78, 5) is 5.64. The summed E-state index contributed by atoms with van der Waals surface area (Å²) in [6.45, 7) is 17.5. The lowest BCUT2D eigenvalue weighted by Crippen LogP contribution is -2.50. The van der Waals surface area contributed by atoms with Gasteiger partial charge in [-0.3, -0.25) is 4.90 Å². The molecule has 4 fully saturated rings. The van der Waals surface area contributed by atoms with Crippen molar-refractivity contribution in [3.63, 3.8) is 0 Å². The SMILES string of the molecule is CC(C)C1CC2(CCN(C3CC4CN(C(C)(C)C)CC4C3)CC2)C1. The number of piperidine rings is 1. The first-order valence-electron chi connectivity index (χ1n) is 10.7. The topological polar surface area (TPSA) is 6.48 Å². The van der Waals surface area contributed by atoms with Crippen LogP contribution in [0.4, 0.5) is 0 Å². The van der Waals surface area contributed by atoms with E-state index in [2.05, 4.69) is 44.4 Å². The fourth-order valence-corrected chi connectivity index (χ4v) is 6.41. The predicted octanol–water partition coefficient (Wildman–Crippen LogP) is 4.64. The molecule has 2 heteroatoms. The fourth-order valence-electron chi connectivity index (χ4n) is 6.41. The van der Waals surface area contributed by atoms with E-state index in [0.29, 0.717) is 5.54 Å². The first-order valence-corrected chi connectivity index (χ1v) is 10.7. The summed E-state index contributed by atoms with van der Waals surface area (Å²) in [7, 11) is 0. The van der Waals surface area contributed by atoms with Crippen molar-refractivity contribution in [2.24, 2.45) is 29.1 Å². The maximum atomic E-state index is 2.90. The number of hydrogen-bond acceptors (Lipinski definition) is 2. The Hall–Kier alpha value is -0.0800. The zero-order valence-electron chi connectivity index (χ0n) is 16.9. The highest BCUT2D eigenvalue weighted by atomic mass is 15.2. The lowest BCUT2D eigenvalue weighted by atomic mass is 9.55. The average Bonchev–Trinajstić information content (AvgIpc) is 3.02. The van der Waals surface area contributed by atoms with Gasteiger partial charge in [-0.05, 0) is 101 Å². The largest absolute Gasteiger partial charge is 0.300 e. The van der Waals surface area contributed by atoms with Gasteiger partial charge in [0.1, 0.15) is 0 Å². The molecule has 138 valence electrons. The normalized spacial score (nSPS) is 38.0. The van der Waals surface area contributed by atoms with Gasteiger partial charge in [-0.15, -0.1) is 0 Å². The molecular weight excluding hydrogens is 292 g/mol. The molecule has 0 N–H and O–H groups in total. The van der Waals surface area contributed by atoms with Crippen LogP contribution in [0.5, 0.6) is 0 Å². The van der Waals surface area contributed by atoms with Crippen LogP contribution < -0.4 is 0 Å². The zero-order valence-corrected chi connectivity index (χ0v) is 16.9.